The van der Waals surface area contributed by atoms with E-state index in [4.69, 9.17) is 22.7 Å². The Morgan fingerprint density at radius 3 is 2.80 bits per heavy atom. The molecule has 0 saturated carbocycles. The van der Waals surface area contributed by atoms with Crippen molar-refractivity contribution in [3.8, 4) is 11.4 Å². The zero-order valence-electron chi connectivity index (χ0n) is 11.1. The van der Waals surface area contributed by atoms with Crippen LogP contribution in [0, 0.1) is 0 Å². The zero-order valence-corrected chi connectivity index (χ0v) is 11.9. The second-order valence-corrected chi connectivity index (χ2v) is 4.41. The van der Waals surface area contributed by atoms with Gasteiger partial charge in [0.1, 0.15) is 10.7 Å². The summed E-state index contributed by atoms with van der Waals surface area (Å²) in [7, 11) is 3.12. The molecule has 20 heavy (non-hydrogen) atoms. The molecule has 1 heterocycles. The highest BCUT2D eigenvalue weighted by atomic mass is 32.1. The summed E-state index contributed by atoms with van der Waals surface area (Å²) in [6.45, 7) is 0. The number of hydrogen-bond acceptors (Lipinski definition) is 4. The maximum absolute atomic E-state index is 11.5. The van der Waals surface area contributed by atoms with E-state index in [9.17, 15) is 4.79 Å². The summed E-state index contributed by atoms with van der Waals surface area (Å²) in [5.41, 5.74) is 7.33. The molecular formula is C13H14N4O2S. The van der Waals surface area contributed by atoms with E-state index >= 15 is 0 Å². The Hall–Kier alpha value is -2.41. The predicted molar refractivity (Wildman–Crippen MR) is 79.4 cm³/mol. The average Bonchev–Trinajstić information content (AvgIpc) is 2.95. The molecule has 7 heteroatoms. The van der Waals surface area contributed by atoms with E-state index in [0.717, 1.165) is 0 Å². The molecule has 2 rings (SSSR count). The predicted octanol–water partition coefficient (Wildman–Crippen LogP) is 0.875. The molecule has 0 bridgehead atoms. The molecule has 0 radical (unpaired) electrons. The third kappa shape index (κ3) is 2.62. The van der Waals surface area contributed by atoms with Gasteiger partial charge in [0, 0.05) is 24.9 Å². The van der Waals surface area contributed by atoms with Crippen LogP contribution >= 0.6 is 12.2 Å². The first kappa shape index (κ1) is 14.0. The van der Waals surface area contributed by atoms with Crippen molar-refractivity contribution in [3.05, 3.63) is 41.7 Å². The Labute approximate surface area is 121 Å². The third-order valence-electron chi connectivity index (χ3n) is 2.77. The van der Waals surface area contributed by atoms with Crippen molar-refractivity contribution in [2.75, 3.05) is 14.2 Å². The maximum atomic E-state index is 11.5. The Balaban J connectivity index is 2.52. The van der Waals surface area contributed by atoms with Gasteiger partial charge in [0.05, 0.1) is 12.8 Å². The van der Waals surface area contributed by atoms with E-state index in [0.29, 0.717) is 22.7 Å². The van der Waals surface area contributed by atoms with Crippen molar-refractivity contribution in [2.45, 2.75) is 0 Å². The molecule has 0 saturated heterocycles. The number of carbonyl (C=O) groups is 1. The molecule has 0 spiro atoms. The van der Waals surface area contributed by atoms with Gasteiger partial charge in [-0.2, -0.15) is 5.10 Å². The minimum Gasteiger partial charge on any atom is -0.497 e. The highest BCUT2D eigenvalue weighted by Crippen LogP contribution is 2.21. The highest BCUT2D eigenvalue weighted by molar-refractivity contribution is 7.80. The van der Waals surface area contributed by atoms with Crippen LogP contribution in [0.4, 0.5) is 0 Å². The number of methoxy groups -OCH3 is 1. The van der Waals surface area contributed by atoms with Gasteiger partial charge in [-0.3, -0.25) is 4.79 Å². The first-order valence-electron chi connectivity index (χ1n) is 5.82. The number of benzene rings is 1. The number of nitrogens with zero attached hydrogens (tertiary/aromatic N) is 2. The second kappa shape index (κ2) is 5.70. The van der Waals surface area contributed by atoms with Crippen LogP contribution in [0.2, 0.25) is 0 Å². The Morgan fingerprint density at radius 2 is 2.20 bits per heavy atom. The number of thiocarbonyl (C=S) groups is 1. The number of rotatable bonds is 4. The molecule has 0 aliphatic carbocycles. The second-order valence-electron chi connectivity index (χ2n) is 3.97. The number of hydrogen-bond donors (Lipinski definition) is 2. The van der Waals surface area contributed by atoms with Gasteiger partial charge in [0.25, 0.3) is 5.91 Å². The van der Waals surface area contributed by atoms with Crippen LogP contribution in [0.25, 0.3) is 5.69 Å². The minimum absolute atomic E-state index is 0.250. The summed E-state index contributed by atoms with van der Waals surface area (Å²) in [5, 5.41) is 6.72. The lowest BCUT2D eigenvalue weighted by atomic mass is 10.1. The number of nitrogens with one attached hydrogen (secondary N) is 1. The average molecular weight is 290 g/mol. The van der Waals surface area contributed by atoms with Crippen molar-refractivity contribution in [3.63, 3.8) is 0 Å². The summed E-state index contributed by atoms with van der Waals surface area (Å²) < 4.78 is 6.73. The monoisotopic (exact) mass is 290 g/mol. The fourth-order valence-corrected chi connectivity index (χ4v) is 1.92. The Morgan fingerprint density at radius 1 is 1.45 bits per heavy atom. The molecule has 0 unspecified atom stereocenters. The van der Waals surface area contributed by atoms with Crippen LogP contribution in [-0.4, -0.2) is 34.8 Å². The Bertz CT molecular complexity index is 666. The van der Waals surface area contributed by atoms with Gasteiger partial charge in [0.2, 0.25) is 0 Å². The standard InChI is InChI=1S/C13H14N4O2S/c1-15-13(18)10-5-6-17(16-10)11-7-8(19-2)3-4-9(11)12(14)20/h3-7H,1-2H3,(H2,14,20)(H,15,18). The van der Waals surface area contributed by atoms with Crippen LogP contribution < -0.4 is 15.8 Å². The molecule has 0 fully saturated rings. The fourth-order valence-electron chi connectivity index (χ4n) is 1.74. The molecule has 0 atom stereocenters. The smallest absolute Gasteiger partial charge is 0.271 e. The summed E-state index contributed by atoms with van der Waals surface area (Å²) >= 11 is 5.03. The van der Waals surface area contributed by atoms with Gasteiger partial charge in [-0.05, 0) is 18.2 Å². The van der Waals surface area contributed by atoms with E-state index in [1.807, 2.05) is 0 Å². The first-order valence-corrected chi connectivity index (χ1v) is 6.23. The summed E-state index contributed by atoms with van der Waals surface area (Å²) in [6.07, 6.45) is 1.67. The quantitative estimate of drug-likeness (QED) is 0.817. The maximum Gasteiger partial charge on any atom is 0.271 e. The topological polar surface area (TPSA) is 82.2 Å². The van der Waals surface area contributed by atoms with Gasteiger partial charge in [-0.1, -0.05) is 12.2 Å². The van der Waals surface area contributed by atoms with E-state index in [1.165, 1.54) is 0 Å². The van der Waals surface area contributed by atoms with Crippen LogP contribution in [-0.2, 0) is 0 Å². The number of nitrogens with two attached hydrogens (primary N) is 1. The van der Waals surface area contributed by atoms with E-state index in [2.05, 4.69) is 10.4 Å². The molecule has 1 aromatic carbocycles. The van der Waals surface area contributed by atoms with Gasteiger partial charge < -0.3 is 15.8 Å². The van der Waals surface area contributed by atoms with Crippen molar-refractivity contribution >= 4 is 23.1 Å². The van der Waals surface area contributed by atoms with Crippen LogP contribution in [0.1, 0.15) is 16.1 Å². The largest absolute Gasteiger partial charge is 0.497 e. The number of aromatic nitrogens is 2. The fraction of sp³-hybridized carbons (Fsp3) is 0.154. The number of carbonyl (C=O) groups excluding carboxylic acids is 1. The lowest BCUT2D eigenvalue weighted by Gasteiger charge is -2.10. The zero-order chi connectivity index (χ0) is 14.7. The molecule has 3 N–H and O–H groups in total. The van der Waals surface area contributed by atoms with Crippen LogP contribution in [0.3, 0.4) is 0 Å². The molecule has 1 amide bonds. The van der Waals surface area contributed by atoms with E-state index in [-0.39, 0.29) is 10.9 Å². The molecule has 1 aromatic heterocycles. The third-order valence-corrected chi connectivity index (χ3v) is 2.99. The highest BCUT2D eigenvalue weighted by Gasteiger charge is 2.13. The number of amides is 1. The van der Waals surface area contributed by atoms with Crippen molar-refractivity contribution in [2.24, 2.45) is 5.73 Å². The first-order chi connectivity index (χ1) is 9.56. The SMILES string of the molecule is CNC(=O)c1ccn(-c2cc(OC)ccc2C(N)=S)n1. The minimum atomic E-state index is -0.261. The van der Waals surface area contributed by atoms with Crippen molar-refractivity contribution < 1.29 is 9.53 Å². The lowest BCUT2D eigenvalue weighted by Crippen LogP contribution is -2.19. The van der Waals surface area contributed by atoms with Crippen LogP contribution in [0.5, 0.6) is 5.75 Å². The van der Waals surface area contributed by atoms with Gasteiger partial charge in [-0.25, -0.2) is 4.68 Å². The summed E-state index contributed by atoms with van der Waals surface area (Å²) in [4.78, 5) is 11.8. The van der Waals surface area contributed by atoms with Gasteiger partial charge in [0.15, 0.2) is 5.69 Å². The lowest BCUT2D eigenvalue weighted by molar-refractivity contribution is 0.0957. The molecular weight excluding hydrogens is 276 g/mol. The molecule has 0 aliphatic heterocycles. The van der Waals surface area contributed by atoms with Gasteiger partial charge >= 0.3 is 0 Å². The normalized spacial score (nSPS) is 10.1. The van der Waals surface area contributed by atoms with E-state index in [1.54, 1.807) is 49.3 Å². The molecule has 104 valence electrons. The van der Waals surface area contributed by atoms with Crippen molar-refractivity contribution in [1.82, 2.24) is 15.1 Å². The summed E-state index contributed by atoms with van der Waals surface area (Å²) in [6, 6.07) is 6.90. The molecule has 0 aliphatic rings. The van der Waals surface area contributed by atoms with Crippen LogP contribution in [0.15, 0.2) is 30.5 Å². The summed E-state index contributed by atoms with van der Waals surface area (Å²) in [5.74, 6) is 0.389. The van der Waals surface area contributed by atoms with Crippen molar-refractivity contribution in [1.29, 1.82) is 0 Å². The number of ether oxygens (including phenoxy) is 1. The van der Waals surface area contributed by atoms with E-state index < -0.39 is 0 Å². The molecule has 2 aromatic rings. The Kier molecular flexibility index (Phi) is 3.99. The van der Waals surface area contributed by atoms with Gasteiger partial charge in [-0.15, -0.1) is 0 Å². The molecule has 6 nitrogen and oxygen atoms in total.